The van der Waals surface area contributed by atoms with E-state index in [-0.39, 0.29) is 0 Å². The molecule has 1 heteroatoms. The molecule has 1 aliphatic carbocycles. The van der Waals surface area contributed by atoms with Gasteiger partial charge in [0.1, 0.15) is 0 Å². The van der Waals surface area contributed by atoms with E-state index in [1.54, 1.807) is 0 Å². The van der Waals surface area contributed by atoms with Crippen LogP contribution in [0.5, 0.6) is 0 Å². The molecule has 4 rings (SSSR count). The molecule has 1 aliphatic heterocycles. The highest BCUT2D eigenvalue weighted by Gasteiger charge is 2.13. The van der Waals surface area contributed by atoms with Gasteiger partial charge in [0.15, 0.2) is 0 Å². The van der Waals surface area contributed by atoms with Gasteiger partial charge >= 0.3 is 0 Å². The average molecular weight is 217 g/mol. The van der Waals surface area contributed by atoms with Gasteiger partial charge in [-0.2, -0.15) is 0 Å². The molecule has 0 fully saturated rings. The maximum absolute atomic E-state index is 4.77. The smallest absolute Gasteiger partial charge is 0.0794 e. The second-order valence-electron chi connectivity index (χ2n) is 4.44. The Morgan fingerprint density at radius 3 is 2.94 bits per heavy atom. The van der Waals surface area contributed by atoms with Crippen molar-refractivity contribution in [3.05, 3.63) is 70.9 Å². The molecule has 80 valence electrons. The number of benzene rings is 2. The molecular formula is C16H11N. The van der Waals surface area contributed by atoms with Gasteiger partial charge in [-0.3, -0.25) is 0 Å². The maximum atomic E-state index is 4.77. The summed E-state index contributed by atoms with van der Waals surface area (Å²) in [4.78, 5) is 4.77. The molecule has 0 radical (unpaired) electrons. The van der Waals surface area contributed by atoms with Crippen molar-refractivity contribution in [1.82, 2.24) is 0 Å². The van der Waals surface area contributed by atoms with E-state index in [1.165, 1.54) is 21.6 Å². The Hall–Kier alpha value is -2.15. The van der Waals surface area contributed by atoms with Gasteiger partial charge in [0, 0.05) is 16.2 Å². The molecule has 2 aromatic rings. The molecule has 17 heavy (non-hydrogen) atoms. The van der Waals surface area contributed by atoms with Crippen LogP contribution in [-0.4, -0.2) is 0 Å². The second kappa shape index (κ2) is 3.17. The van der Waals surface area contributed by atoms with Crippen molar-refractivity contribution in [2.24, 2.45) is 4.99 Å². The summed E-state index contributed by atoms with van der Waals surface area (Å²) >= 11 is 0. The Morgan fingerprint density at radius 1 is 1.00 bits per heavy atom. The Morgan fingerprint density at radius 2 is 1.94 bits per heavy atom. The van der Waals surface area contributed by atoms with Crippen LogP contribution in [0.3, 0.4) is 0 Å². The molecular weight excluding hydrogens is 206 g/mol. The van der Waals surface area contributed by atoms with E-state index in [9.17, 15) is 0 Å². The molecule has 2 aromatic carbocycles. The lowest BCUT2D eigenvalue weighted by atomic mass is 10.0. The quantitative estimate of drug-likeness (QED) is 0.643. The van der Waals surface area contributed by atoms with E-state index >= 15 is 0 Å². The largest absolute Gasteiger partial charge is 0.247 e. The highest BCUT2D eigenvalue weighted by molar-refractivity contribution is 5.86. The predicted octanol–water partition coefficient (Wildman–Crippen LogP) is 2.47. The van der Waals surface area contributed by atoms with Crippen molar-refractivity contribution in [2.45, 2.75) is 6.42 Å². The Labute approximate surface area is 99.1 Å². The van der Waals surface area contributed by atoms with Gasteiger partial charge in [-0.15, -0.1) is 0 Å². The van der Waals surface area contributed by atoms with Gasteiger partial charge in [0.2, 0.25) is 0 Å². The van der Waals surface area contributed by atoms with Gasteiger partial charge < -0.3 is 0 Å². The van der Waals surface area contributed by atoms with Crippen LogP contribution in [0, 0.1) is 0 Å². The monoisotopic (exact) mass is 217 g/mol. The number of nitrogens with zero attached hydrogens (tertiary/aromatic N) is 1. The molecule has 0 saturated carbocycles. The standard InChI is InChI=1S/C16H11N/c1-2-6-12-11(5-1)9-10-14-13-7-3-4-8-15(13)17-16(12)14/h1-3,5-10H,4H2. The number of hydrogen-bond donors (Lipinski definition) is 0. The van der Waals surface area contributed by atoms with Crippen LogP contribution in [0.1, 0.15) is 6.42 Å². The summed E-state index contributed by atoms with van der Waals surface area (Å²) in [5, 5.41) is 4.92. The summed E-state index contributed by atoms with van der Waals surface area (Å²) in [6, 6.07) is 12.8. The zero-order valence-corrected chi connectivity index (χ0v) is 9.35. The number of fused-ring (bicyclic) bond motifs is 4. The van der Waals surface area contributed by atoms with Crippen molar-refractivity contribution < 1.29 is 0 Å². The molecule has 0 N–H and O–H groups in total. The summed E-state index contributed by atoms with van der Waals surface area (Å²) in [5.74, 6) is 0. The van der Waals surface area contributed by atoms with E-state index in [4.69, 9.17) is 4.99 Å². The van der Waals surface area contributed by atoms with Crippen LogP contribution in [0.25, 0.3) is 16.3 Å². The molecule has 0 unspecified atom stereocenters. The fraction of sp³-hybridized carbons (Fsp3) is 0.0625. The summed E-state index contributed by atoms with van der Waals surface area (Å²) in [6.45, 7) is 0. The first kappa shape index (κ1) is 8.94. The third-order valence-corrected chi connectivity index (χ3v) is 3.43. The van der Waals surface area contributed by atoms with E-state index in [0.29, 0.717) is 0 Å². The summed E-state index contributed by atoms with van der Waals surface area (Å²) in [5.41, 5.74) is 2.41. The van der Waals surface area contributed by atoms with Gasteiger partial charge in [-0.1, -0.05) is 54.6 Å². The lowest BCUT2D eigenvalue weighted by molar-refractivity contribution is 1.26. The third-order valence-electron chi connectivity index (χ3n) is 3.43. The highest BCUT2D eigenvalue weighted by Crippen LogP contribution is 2.21. The minimum atomic E-state index is 0.994. The number of allylic oxidation sites excluding steroid dienone is 3. The van der Waals surface area contributed by atoms with Crippen molar-refractivity contribution in [3.63, 3.8) is 0 Å². The predicted molar refractivity (Wildman–Crippen MR) is 70.0 cm³/mol. The minimum absolute atomic E-state index is 0.994. The molecule has 0 aromatic heterocycles. The summed E-state index contributed by atoms with van der Waals surface area (Å²) in [6.07, 6.45) is 7.58. The van der Waals surface area contributed by atoms with Crippen molar-refractivity contribution >= 4 is 16.3 Å². The summed E-state index contributed by atoms with van der Waals surface area (Å²) < 4.78 is 0. The normalized spacial score (nSPS) is 16.5. The van der Waals surface area contributed by atoms with Gasteiger partial charge in [-0.05, 0) is 11.8 Å². The van der Waals surface area contributed by atoms with Crippen LogP contribution < -0.4 is 10.6 Å². The fourth-order valence-corrected chi connectivity index (χ4v) is 2.61. The first-order chi connectivity index (χ1) is 8.43. The van der Waals surface area contributed by atoms with Crippen LogP contribution in [0.2, 0.25) is 0 Å². The van der Waals surface area contributed by atoms with Crippen molar-refractivity contribution in [3.8, 4) is 0 Å². The van der Waals surface area contributed by atoms with Gasteiger partial charge in [0.05, 0.1) is 11.1 Å². The molecule has 0 saturated heterocycles. The third kappa shape index (κ3) is 1.17. The molecule has 0 amide bonds. The Bertz CT molecular complexity index is 807. The lowest BCUT2D eigenvalue weighted by Gasteiger charge is -2.01. The Kier molecular flexibility index (Phi) is 1.67. The van der Waals surface area contributed by atoms with Crippen LogP contribution in [0.15, 0.2) is 65.3 Å². The van der Waals surface area contributed by atoms with E-state index in [2.05, 4.69) is 54.6 Å². The van der Waals surface area contributed by atoms with Crippen molar-refractivity contribution in [1.29, 1.82) is 0 Å². The van der Waals surface area contributed by atoms with Crippen LogP contribution >= 0.6 is 0 Å². The zero-order chi connectivity index (χ0) is 11.2. The average Bonchev–Trinajstić information content (AvgIpc) is 2.78. The van der Waals surface area contributed by atoms with Crippen LogP contribution in [-0.2, 0) is 0 Å². The Balaban J connectivity index is 2.28. The maximum Gasteiger partial charge on any atom is 0.0794 e. The van der Waals surface area contributed by atoms with Gasteiger partial charge in [-0.25, -0.2) is 4.99 Å². The highest BCUT2D eigenvalue weighted by atomic mass is 14.8. The number of rotatable bonds is 0. The first-order valence-corrected chi connectivity index (χ1v) is 5.91. The van der Waals surface area contributed by atoms with E-state index < -0.39 is 0 Å². The minimum Gasteiger partial charge on any atom is -0.247 e. The SMILES string of the molecule is C1=CC2=c3ccc4ccccc4c3=NC2=CC1. The van der Waals surface area contributed by atoms with E-state index in [0.717, 1.165) is 17.5 Å². The topological polar surface area (TPSA) is 12.4 Å². The van der Waals surface area contributed by atoms with E-state index in [1.807, 2.05) is 0 Å². The second-order valence-corrected chi connectivity index (χ2v) is 4.44. The zero-order valence-electron chi connectivity index (χ0n) is 9.35. The fourth-order valence-electron chi connectivity index (χ4n) is 2.61. The first-order valence-electron chi connectivity index (χ1n) is 5.91. The molecule has 1 heterocycles. The summed E-state index contributed by atoms with van der Waals surface area (Å²) in [7, 11) is 0. The molecule has 0 spiro atoms. The lowest BCUT2D eigenvalue weighted by Crippen LogP contribution is -2.23. The molecule has 2 aliphatic rings. The molecule has 0 bridgehead atoms. The molecule has 0 atom stereocenters. The number of hydrogen-bond acceptors (Lipinski definition) is 1. The molecule has 1 nitrogen and oxygen atoms in total. The van der Waals surface area contributed by atoms with Gasteiger partial charge in [0.25, 0.3) is 0 Å². The van der Waals surface area contributed by atoms with Crippen LogP contribution in [0.4, 0.5) is 0 Å². The van der Waals surface area contributed by atoms with Crippen molar-refractivity contribution in [2.75, 3.05) is 0 Å².